The Kier molecular flexibility index (Phi) is 5.14. The summed E-state index contributed by atoms with van der Waals surface area (Å²) in [6.45, 7) is 6.52. The van der Waals surface area contributed by atoms with Crippen LogP contribution in [0, 0.1) is 0 Å². The Morgan fingerprint density at radius 1 is 1.37 bits per heavy atom. The fourth-order valence-electron chi connectivity index (χ4n) is 3.30. The average molecular weight is 263 g/mol. The van der Waals surface area contributed by atoms with Gasteiger partial charge in [-0.3, -0.25) is 4.79 Å². The lowest BCUT2D eigenvalue weighted by molar-refractivity contribution is -0.106. The molecule has 0 bridgehead atoms. The summed E-state index contributed by atoms with van der Waals surface area (Å²) in [5, 5.41) is 0. The van der Waals surface area contributed by atoms with E-state index >= 15 is 0 Å². The quantitative estimate of drug-likeness (QED) is 0.543. The fraction of sp³-hybridized carbons (Fsp3) is 0.733. The van der Waals surface area contributed by atoms with Gasteiger partial charge in [0.1, 0.15) is 0 Å². The molecule has 0 aromatic heterocycles. The van der Waals surface area contributed by atoms with Crippen molar-refractivity contribution in [3.63, 3.8) is 0 Å². The van der Waals surface area contributed by atoms with E-state index in [1.165, 1.54) is 31.5 Å². The van der Waals surface area contributed by atoms with Crippen molar-refractivity contribution in [2.45, 2.75) is 50.6 Å². The normalized spacial score (nSPS) is 28.4. The molecule has 0 aliphatic carbocycles. The van der Waals surface area contributed by atoms with E-state index in [-0.39, 0.29) is 6.04 Å². The second kappa shape index (κ2) is 6.85. The zero-order valence-electron chi connectivity index (χ0n) is 11.9. The number of likely N-dealkylation sites (tertiary alicyclic amines) is 2. The molecule has 2 aliphatic rings. The van der Waals surface area contributed by atoms with Crippen LogP contribution in [-0.2, 0) is 4.79 Å². The van der Waals surface area contributed by atoms with E-state index in [1.807, 2.05) is 0 Å². The van der Waals surface area contributed by atoms with Crippen molar-refractivity contribution < 1.29 is 4.79 Å². The lowest BCUT2D eigenvalue weighted by Crippen LogP contribution is -2.31. The predicted octanol–water partition coefficient (Wildman–Crippen LogP) is 2.07. The van der Waals surface area contributed by atoms with Gasteiger partial charge in [-0.15, -0.1) is 0 Å². The molecule has 0 N–H and O–H groups in total. The Hall–Kier alpha value is -1.16. The molecule has 2 saturated heterocycles. The summed E-state index contributed by atoms with van der Waals surface area (Å²) in [4.78, 5) is 18.9. The van der Waals surface area contributed by atoms with Gasteiger partial charge in [0.15, 0.2) is 0 Å². The highest BCUT2D eigenvalue weighted by Crippen LogP contribution is 2.26. The van der Waals surface area contributed by atoms with E-state index in [2.05, 4.69) is 28.4 Å². The van der Waals surface area contributed by atoms with Crippen LogP contribution in [0.25, 0.3) is 0 Å². The highest BCUT2D eigenvalue weighted by molar-refractivity contribution is 5.74. The molecule has 4 heteroatoms. The van der Waals surface area contributed by atoms with E-state index in [9.17, 15) is 4.79 Å². The lowest BCUT2D eigenvalue weighted by atomic mass is 10.1. The van der Waals surface area contributed by atoms with Gasteiger partial charge >= 0.3 is 0 Å². The molecule has 0 saturated carbocycles. The molecule has 19 heavy (non-hydrogen) atoms. The fourth-order valence-corrected chi connectivity index (χ4v) is 3.30. The SMILES string of the molecule is C=C(CCC1CCCN1C)N1CCCC1C=NC=O. The van der Waals surface area contributed by atoms with Crippen molar-refractivity contribution in [1.82, 2.24) is 9.80 Å². The minimum absolute atomic E-state index is 0.277. The first-order chi connectivity index (χ1) is 9.22. The molecule has 0 spiro atoms. The molecular formula is C15H25N3O. The van der Waals surface area contributed by atoms with Crippen LogP contribution in [0.1, 0.15) is 38.5 Å². The molecule has 0 radical (unpaired) electrons. The van der Waals surface area contributed by atoms with Gasteiger partial charge in [-0.05, 0) is 52.1 Å². The molecule has 2 atom stereocenters. The Labute approximate surface area is 116 Å². The summed E-state index contributed by atoms with van der Waals surface area (Å²) < 4.78 is 0. The van der Waals surface area contributed by atoms with Gasteiger partial charge in [-0.1, -0.05) is 6.58 Å². The third-order valence-electron chi connectivity index (χ3n) is 4.46. The van der Waals surface area contributed by atoms with Crippen LogP contribution in [0.3, 0.4) is 0 Å². The molecule has 2 fully saturated rings. The van der Waals surface area contributed by atoms with Gasteiger partial charge in [0, 0.05) is 24.5 Å². The van der Waals surface area contributed by atoms with E-state index < -0.39 is 0 Å². The molecule has 0 aromatic carbocycles. The third kappa shape index (κ3) is 3.66. The van der Waals surface area contributed by atoms with E-state index in [1.54, 1.807) is 6.21 Å². The highest BCUT2D eigenvalue weighted by atomic mass is 16.1. The maximum Gasteiger partial charge on any atom is 0.232 e. The van der Waals surface area contributed by atoms with Gasteiger partial charge in [0.2, 0.25) is 6.41 Å². The molecule has 2 rings (SSSR count). The predicted molar refractivity (Wildman–Crippen MR) is 78.3 cm³/mol. The van der Waals surface area contributed by atoms with Crippen molar-refractivity contribution >= 4 is 12.6 Å². The number of allylic oxidation sites excluding steroid dienone is 1. The number of hydrogen-bond donors (Lipinski definition) is 0. The van der Waals surface area contributed by atoms with Gasteiger partial charge in [0.05, 0.1) is 6.04 Å². The Bertz CT molecular complexity index is 353. The number of aliphatic imine (C=N–C) groups is 1. The smallest absolute Gasteiger partial charge is 0.232 e. The number of carbonyl (C=O) groups excluding carboxylic acids is 1. The second-order valence-electron chi connectivity index (χ2n) is 5.69. The minimum atomic E-state index is 0.277. The van der Waals surface area contributed by atoms with Crippen LogP contribution in [-0.4, -0.2) is 54.6 Å². The summed E-state index contributed by atoms with van der Waals surface area (Å²) in [6.07, 6.45) is 9.53. The van der Waals surface area contributed by atoms with Crippen molar-refractivity contribution in [1.29, 1.82) is 0 Å². The zero-order chi connectivity index (χ0) is 13.7. The van der Waals surface area contributed by atoms with Gasteiger partial charge in [-0.25, -0.2) is 4.99 Å². The van der Waals surface area contributed by atoms with Crippen LogP contribution in [0.5, 0.6) is 0 Å². The maximum absolute atomic E-state index is 10.3. The van der Waals surface area contributed by atoms with Gasteiger partial charge in [0.25, 0.3) is 0 Å². The lowest BCUT2D eigenvalue weighted by Gasteiger charge is -2.28. The van der Waals surface area contributed by atoms with Crippen LogP contribution >= 0.6 is 0 Å². The number of amides is 1. The topological polar surface area (TPSA) is 35.9 Å². The first-order valence-corrected chi connectivity index (χ1v) is 7.34. The molecule has 2 aliphatic heterocycles. The van der Waals surface area contributed by atoms with Gasteiger partial charge < -0.3 is 9.80 Å². The Morgan fingerprint density at radius 2 is 2.16 bits per heavy atom. The summed E-state index contributed by atoms with van der Waals surface area (Å²) in [5.74, 6) is 0. The monoisotopic (exact) mass is 263 g/mol. The molecular weight excluding hydrogens is 238 g/mol. The maximum atomic E-state index is 10.3. The van der Waals surface area contributed by atoms with Crippen molar-refractivity contribution in [3.05, 3.63) is 12.3 Å². The number of rotatable bonds is 6. The summed E-state index contributed by atoms with van der Waals surface area (Å²) >= 11 is 0. The number of hydrogen-bond acceptors (Lipinski definition) is 3. The molecule has 4 nitrogen and oxygen atoms in total. The minimum Gasteiger partial charge on any atom is -0.367 e. The molecule has 2 unspecified atom stereocenters. The molecule has 2 heterocycles. The van der Waals surface area contributed by atoms with Crippen LogP contribution < -0.4 is 0 Å². The number of nitrogens with zero attached hydrogens (tertiary/aromatic N) is 3. The summed E-state index contributed by atoms with van der Waals surface area (Å²) in [6, 6.07) is 1.00. The molecule has 0 aromatic rings. The largest absolute Gasteiger partial charge is 0.367 e. The van der Waals surface area contributed by atoms with Crippen LogP contribution in [0.15, 0.2) is 17.3 Å². The Balaban J connectivity index is 1.81. The molecule has 106 valence electrons. The third-order valence-corrected chi connectivity index (χ3v) is 4.46. The first-order valence-electron chi connectivity index (χ1n) is 7.34. The summed E-state index contributed by atoms with van der Waals surface area (Å²) in [5.41, 5.74) is 1.21. The highest BCUT2D eigenvalue weighted by Gasteiger charge is 2.25. The average Bonchev–Trinajstić information content (AvgIpc) is 3.02. The Morgan fingerprint density at radius 3 is 2.84 bits per heavy atom. The zero-order valence-corrected chi connectivity index (χ0v) is 11.9. The van der Waals surface area contributed by atoms with E-state index in [0.29, 0.717) is 6.41 Å². The number of carbonyl (C=O) groups is 1. The van der Waals surface area contributed by atoms with Crippen molar-refractivity contribution in [3.8, 4) is 0 Å². The van der Waals surface area contributed by atoms with Crippen molar-refractivity contribution in [2.24, 2.45) is 4.99 Å². The molecule has 1 amide bonds. The summed E-state index contributed by atoms with van der Waals surface area (Å²) in [7, 11) is 2.22. The van der Waals surface area contributed by atoms with Crippen molar-refractivity contribution in [2.75, 3.05) is 20.1 Å². The first kappa shape index (κ1) is 14.3. The van der Waals surface area contributed by atoms with E-state index in [4.69, 9.17) is 0 Å². The second-order valence-corrected chi connectivity index (χ2v) is 5.69. The van der Waals surface area contributed by atoms with Crippen LogP contribution in [0.2, 0.25) is 0 Å². The van der Waals surface area contributed by atoms with Gasteiger partial charge in [-0.2, -0.15) is 0 Å². The standard InChI is InChI=1S/C15H25N3O/c1-13(7-8-14-5-3-9-17(14)2)18-10-4-6-15(18)11-16-12-19/h11-12,14-15H,1,3-10H2,2H3. The van der Waals surface area contributed by atoms with E-state index in [0.717, 1.165) is 31.8 Å². The van der Waals surface area contributed by atoms with Crippen LogP contribution in [0.4, 0.5) is 0 Å².